The largest absolute Gasteiger partial charge is 0.354 e. The van der Waals surface area contributed by atoms with Crippen molar-refractivity contribution in [3.8, 4) is 11.3 Å². The van der Waals surface area contributed by atoms with E-state index in [1.54, 1.807) is 12.4 Å². The zero-order valence-electron chi connectivity index (χ0n) is 17.1. The average Bonchev–Trinajstić information content (AvgIpc) is 3.46. The van der Waals surface area contributed by atoms with Crippen LogP contribution in [0.15, 0.2) is 85.3 Å². The van der Waals surface area contributed by atoms with Gasteiger partial charge in [-0.25, -0.2) is 4.98 Å². The van der Waals surface area contributed by atoms with Gasteiger partial charge in [0, 0.05) is 40.8 Å². The predicted molar refractivity (Wildman–Crippen MR) is 130 cm³/mol. The van der Waals surface area contributed by atoms with Crippen LogP contribution in [0.1, 0.15) is 11.1 Å². The first kappa shape index (κ1) is 21.8. The van der Waals surface area contributed by atoms with Gasteiger partial charge in [-0.1, -0.05) is 42.5 Å². The molecule has 0 unspecified atom stereocenters. The monoisotopic (exact) mass is 459 g/mol. The molecule has 8 nitrogen and oxygen atoms in total. The number of amides is 1. The van der Waals surface area contributed by atoms with E-state index in [1.807, 2.05) is 60.8 Å². The number of nitro groups is 1. The molecule has 0 atom stereocenters. The van der Waals surface area contributed by atoms with E-state index in [4.69, 9.17) is 0 Å². The number of imidazole rings is 1. The molecule has 1 aliphatic heterocycles. The Morgan fingerprint density at radius 1 is 1.00 bits per heavy atom. The summed E-state index contributed by atoms with van der Waals surface area (Å²) >= 11 is 0. The van der Waals surface area contributed by atoms with E-state index in [2.05, 4.69) is 20.6 Å². The Morgan fingerprint density at radius 2 is 1.76 bits per heavy atom. The van der Waals surface area contributed by atoms with E-state index < -0.39 is 4.92 Å². The third-order valence-corrected chi connectivity index (χ3v) is 5.22. The standard InChI is InChI=1S/C24H17N5O3.ClH/c30-24-22(19-12-18(29(31)32)10-11-20(19)28-24)23(16-4-2-1-3-5-16)27-17-8-6-15(7-9-17)21-13-25-14-26-21;/h1-14,27H,(H,25,26)(H,28,30);1H/b23-22-;. The molecule has 0 radical (unpaired) electrons. The third kappa shape index (κ3) is 4.19. The SMILES string of the molecule is Cl.O=C1Nc2ccc([N+](=O)[O-])cc2/C1=C(/Nc1ccc(-c2c[nH]cn2)cc1)c1ccccc1. The van der Waals surface area contributed by atoms with E-state index in [0.29, 0.717) is 22.5 Å². The van der Waals surface area contributed by atoms with Crippen LogP contribution in [0.5, 0.6) is 0 Å². The molecular weight excluding hydrogens is 442 g/mol. The van der Waals surface area contributed by atoms with E-state index in [9.17, 15) is 14.9 Å². The van der Waals surface area contributed by atoms with Crippen LogP contribution in [0.25, 0.3) is 22.5 Å². The van der Waals surface area contributed by atoms with Gasteiger partial charge in [0.15, 0.2) is 0 Å². The van der Waals surface area contributed by atoms with E-state index in [-0.39, 0.29) is 24.0 Å². The first-order valence-electron chi connectivity index (χ1n) is 9.86. The molecule has 5 rings (SSSR count). The Bertz CT molecular complexity index is 1350. The summed E-state index contributed by atoms with van der Waals surface area (Å²) in [5.41, 5.74) is 5.20. The maximum Gasteiger partial charge on any atom is 0.270 e. The Balaban J connectivity index is 0.00000259. The normalized spacial score (nSPS) is 13.5. The quantitative estimate of drug-likeness (QED) is 0.212. The third-order valence-electron chi connectivity index (χ3n) is 5.22. The number of halogens is 1. The molecule has 0 saturated heterocycles. The highest BCUT2D eigenvalue weighted by atomic mass is 35.5. The van der Waals surface area contributed by atoms with Crippen LogP contribution in [0.2, 0.25) is 0 Å². The lowest BCUT2D eigenvalue weighted by Gasteiger charge is -2.15. The molecule has 9 heteroatoms. The molecule has 4 aromatic rings. The molecule has 1 amide bonds. The first-order valence-corrected chi connectivity index (χ1v) is 9.86. The van der Waals surface area contributed by atoms with Crippen LogP contribution in [-0.4, -0.2) is 20.8 Å². The Kier molecular flexibility index (Phi) is 5.93. The van der Waals surface area contributed by atoms with Crippen molar-refractivity contribution in [2.24, 2.45) is 0 Å². The second kappa shape index (κ2) is 8.97. The Hall–Kier alpha value is -4.43. The number of nitrogens with zero attached hydrogens (tertiary/aromatic N) is 2. The van der Waals surface area contributed by atoms with Gasteiger partial charge in [0.05, 0.1) is 28.2 Å². The Morgan fingerprint density at radius 3 is 2.42 bits per heavy atom. The van der Waals surface area contributed by atoms with Crippen molar-refractivity contribution in [2.75, 3.05) is 10.6 Å². The summed E-state index contributed by atoms with van der Waals surface area (Å²) in [6.45, 7) is 0. The highest BCUT2D eigenvalue weighted by Gasteiger charge is 2.30. The summed E-state index contributed by atoms with van der Waals surface area (Å²) in [7, 11) is 0. The highest BCUT2D eigenvalue weighted by Crippen LogP contribution is 2.39. The van der Waals surface area contributed by atoms with E-state index >= 15 is 0 Å². The van der Waals surface area contributed by atoms with Crippen LogP contribution in [-0.2, 0) is 4.79 Å². The number of benzene rings is 3. The molecule has 0 fully saturated rings. The fraction of sp³-hybridized carbons (Fsp3) is 0. The number of aromatic nitrogens is 2. The van der Waals surface area contributed by atoms with Crippen molar-refractivity contribution < 1.29 is 9.72 Å². The van der Waals surface area contributed by atoms with Crippen molar-refractivity contribution in [3.63, 3.8) is 0 Å². The molecule has 0 bridgehead atoms. The molecule has 0 spiro atoms. The van der Waals surface area contributed by atoms with Gasteiger partial charge in [-0.05, 0) is 23.8 Å². The lowest BCUT2D eigenvalue weighted by molar-refractivity contribution is -0.384. The number of hydrogen-bond acceptors (Lipinski definition) is 5. The summed E-state index contributed by atoms with van der Waals surface area (Å²) in [5.74, 6) is -0.319. The van der Waals surface area contributed by atoms with Crippen molar-refractivity contribution in [3.05, 3.63) is 107 Å². The Labute approximate surface area is 194 Å². The zero-order valence-corrected chi connectivity index (χ0v) is 17.9. The second-order valence-corrected chi connectivity index (χ2v) is 7.21. The first-order chi connectivity index (χ1) is 15.6. The van der Waals surface area contributed by atoms with Gasteiger partial charge in [-0.2, -0.15) is 0 Å². The topological polar surface area (TPSA) is 113 Å². The van der Waals surface area contributed by atoms with Crippen molar-refractivity contribution in [1.82, 2.24) is 9.97 Å². The van der Waals surface area contributed by atoms with Crippen LogP contribution in [0.3, 0.4) is 0 Å². The maximum absolute atomic E-state index is 12.9. The van der Waals surface area contributed by atoms with Crippen molar-refractivity contribution in [1.29, 1.82) is 0 Å². The number of hydrogen-bond donors (Lipinski definition) is 3. The van der Waals surface area contributed by atoms with E-state index in [0.717, 1.165) is 22.5 Å². The number of non-ortho nitro benzene ring substituents is 1. The van der Waals surface area contributed by atoms with Gasteiger partial charge in [0.2, 0.25) is 0 Å². The molecule has 0 saturated carbocycles. The van der Waals surface area contributed by atoms with Gasteiger partial charge >= 0.3 is 0 Å². The van der Waals surface area contributed by atoms with Crippen LogP contribution < -0.4 is 10.6 Å². The molecule has 1 aliphatic rings. The zero-order chi connectivity index (χ0) is 22.1. The number of carbonyl (C=O) groups excluding carboxylic acids is 1. The molecule has 2 heterocycles. The van der Waals surface area contributed by atoms with Crippen molar-refractivity contribution >= 4 is 46.6 Å². The minimum absolute atomic E-state index is 0. The van der Waals surface area contributed by atoms with Crippen LogP contribution >= 0.6 is 12.4 Å². The lowest BCUT2D eigenvalue weighted by Crippen LogP contribution is -2.10. The molecule has 1 aromatic heterocycles. The number of H-pyrrole nitrogens is 1. The number of aromatic amines is 1. The van der Waals surface area contributed by atoms with Gasteiger partial charge in [0.25, 0.3) is 11.6 Å². The number of carbonyl (C=O) groups is 1. The fourth-order valence-corrected chi connectivity index (χ4v) is 3.69. The number of nitro benzene ring substituents is 1. The number of anilines is 2. The fourth-order valence-electron chi connectivity index (χ4n) is 3.69. The summed E-state index contributed by atoms with van der Waals surface area (Å²) in [6.07, 6.45) is 3.43. The smallest absolute Gasteiger partial charge is 0.270 e. The van der Waals surface area contributed by atoms with Gasteiger partial charge in [-0.3, -0.25) is 14.9 Å². The summed E-state index contributed by atoms with van der Waals surface area (Å²) in [4.78, 5) is 31.0. The summed E-state index contributed by atoms with van der Waals surface area (Å²) in [6, 6.07) is 21.4. The number of rotatable bonds is 5. The minimum atomic E-state index is -0.468. The summed E-state index contributed by atoms with van der Waals surface area (Å²) < 4.78 is 0. The second-order valence-electron chi connectivity index (χ2n) is 7.21. The molecular formula is C24H18ClN5O3. The maximum atomic E-state index is 12.9. The molecule has 33 heavy (non-hydrogen) atoms. The molecule has 3 N–H and O–H groups in total. The van der Waals surface area contributed by atoms with Crippen LogP contribution in [0, 0.1) is 10.1 Å². The molecule has 164 valence electrons. The minimum Gasteiger partial charge on any atom is -0.354 e. The van der Waals surface area contributed by atoms with Gasteiger partial charge < -0.3 is 15.6 Å². The molecule has 3 aromatic carbocycles. The average molecular weight is 460 g/mol. The molecule has 0 aliphatic carbocycles. The van der Waals surface area contributed by atoms with Gasteiger partial charge in [-0.15, -0.1) is 12.4 Å². The lowest BCUT2D eigenvalue weighted by atomic mass is 9.99. The van der Waals surface area contributed by atoms with Crippen molar-refractivity contribution in [2.45, 2.75) is 0 Å². The van der Waals surface area contributed by atoms with Gasteiger partial charge in [0.1, 0.15) is 0 Å². The predicted octanol–water partition coefficient (Wildman–Crippen LogP) is 5.34. The number of nitrogens with one attached hydrogen (secondary N) is 3. The van der Waals surface area contributed by atoms with Crippen LogP contribution in [0.4, 0.5) is 17.1 Å². The number of fused-ring (bicyclic) bond motifs is 1. The van der Waals surface area contributed by atoms with E-state index in [1.165, 1.54) is 12.1 Å². The summed E-state index contributed by atoms with van der Waals surface area (Å²) in [5, 5.41) is 17.5. The highest BCUT2D eigenvalue weighted by molar-refractivity contribution is 6.37.